The van der Waals surface area contributed by atoms with Gasteiger partial charge in [-0.1, -0.05) is 44.0 Å². The molecule has 0 aliphatic carbocycles. The molecular weight excluding hydrogens is 296 g/mol. The van der Waals surface area contributed by atoms with Crippen LogP contribution in [-0.2, 0) is 6.54 Å². The van der Waals surface area contributed by atoms with Gasteiger partial charge in [-0.05, 0) is 38.2 Å². The Kier molecular flexibility index (Phi) is 2.72. The van der Waals surface area contributed by atoms with Crippen LogP contribution in [0, 0.1) is 6.92 Å². The third-order valence-electron chi connectivity index (χ3n) is 5.58. The lowest BCUT2D eigenvalue weighted by molar-refractivity contribution is 0.0973. The van der Waals surface area contributed by atoms with Gasteiger partial charge >= 0.3 is 0 Å². The van der Waals surface area contributed by atoms with Crippen LogP contribution in [0.15, 0.2) is 30.3 Å². The van der Waals surface area contributed by atoms with E-state index in [1.54, 1.807) is 6.92 Å². The van der Waals surface area contributed by atoms with Gasteiger partial charge in [0.15, 0.2) is 0 Å². The summed E-state index contributed by atoms with van der Waals surface area (Å²) < 4.78 is 48.8. The van der Waals surface area contributed by atoms with Crippen molar-refractivity contribution in [3.8, 4) is 0 Å². The Morgan fingerprint density at radius 2 is 1.79 bits per heavy atom. The van der Waals surface area contributed by atoms with Crippen LogP contribution in [-0.4, -0.2) is 31.7 Å². The molecular formula is C20H28N4. The molecule has 0 radical (unpaired) electrons. The second-order valence-electron chi connectivity index (χ2n) is 7.08. The van der Waals surface area contributed by atoms with Crippen LogP contribution >= 0.6 is 0 Å². The Labute approximate surface area is 153 Å². The lowest BCUT2D eigenvalue weighted by Crippen LogP contribution is -2.43. The molecule has 2 aliphatic heterocycles. The normalized spacial score (nSPS) is 31.8. The van der Waals surface area contributed by atoms with Crippen LogP contribution in [0.5, 0.6) is 0 Å². The minimum atomic E-state index is -2.67. The van der Waals surface area contributed by atoms with Crippen LogP contribution < -0.4 is 0 Å². The van der Waals surface area contributed by atoms with E-state index in [2.05, 4.69) is 39.4 Å². The van der Waals surface area contributed by atoms with E-state index in [1.807, 2.05) is 10.6 Å². The number of rotatable bonds is 4. The summed E-state index contributed by atoms with van der Waals surface area (Å²) in [7, 11) is 0. The molecule has 3 atom stereocenters. The summed E-state index contributed by atoms with van der Waals surface area (Å²) in [5.41, 5.74) is 1.29. The summed E-state index contributed by atoms with van der Waals surface area (Å²) in [5, 5.41) is 8.16. The Bertz CT molecular complexity index is 848. The number of aryl methyl sites for hydroxylation is 1. The maximum absolute atomic E-state index is 7.83. The molecule has 0 spiro atoms. The zero-order valence-electron chi connectivity index (χ0n) is 20.0. The molecule has 0 amide bonds. The maximum atomic E-state index is 7.83. The zero-order chi connectivity index (χ0) is 21.7. The molecule has 1 unspecified atom stereocenters. The molecule has 2 saturated heterocycles. The summed E-state index contributed by atoms with van der Waals surface area (Å²) in [4.78, 5) is 2.55. The van der Waals surface area contributed by atoms with Gasteiger partial charge in [-0.2, -0.15) is 0 Å². The van der Waals surface area contributed by atoms with Crippen LogP contribution in [0.2, 0.25) is 0 Å². The first-order valence-corrected chi connectivity index (χ1v) is 8.77. The first-order valence-electron chi connectivity index (χ1n) is 11.8. The van der Waals surface area contributed by atoms with Gasteiger partial charge < -0.3 is 4.57 Å². The molecule has 2 bridgehead atoms. The van der Waals surface area contributed by atoms with Crippen molar-refractivity contribution in [1.29, 1.82) is 0 Å². The fraction of sp³-hybridized carbons (Fsp3) is 0.600. The van der Waals surface area contributed by atoms with Crippen LogP contribution in [0.4, 0.5) is 0 Å². The monoisotopic (exact) mass is 330 g/mol. The van der Waals surface area contributed by atoms with Gasteiger partial charge in [-0.3, -0.25) is 4.90 Å². The van der Waals surface area contributed by atoms with E-state index >= 15 is 0 Å². The molecule has 1 aromatic heterocycles. The van der Waals surface area contributed by atoms with E-state index in [4.69, 9.17) is 8.22 Å². The Morgan fingerprint density at radius 3 is 2.46 bits per heavy atom. The molecule has 2 aliphatic rings. The van der Waals surface area contributed by atoms with Crippen molar-refractivity contribution in [2.75, 3.05) is 0 Å². The minimum absolute atomic E-state index is 0.0201. The number of hydrogen-bond acceptors (Lipinski definition) is 3. The highest BCUT2D eigenvalue weighted by atomic mass is 15.3. The lowest BCUT2D eigenvalue weighted by Gasteiger charge is -2.40. The van der Waals surface area contributed by atoms with Gasteiger partial charge in [0, 0.05) is 38.8 Å². The largest absolute Gasteiger partial charge is 0.312 e. The average Bonchev–Trinajstić information content (AvgIpc) is 3.09. The van der Waals surface area contributed by atoms with Crippen molar-refractivity contribution in [1.82, 2.24) is 19.7 Å². The molecule has 128 valence electrons. The highest BCUT2D eigenvalue weighted by Crippen LogP contribution is 2.42. The second kappa shape index (κ2) is 6.32. The highest BCUT2D eigenvalue weighted by molar-refractivity contribution is 5.16. The molecule has 4 heteroatoms. The van der Waals surface area contributed by atoms with E-state index in [-0.39, 0.29) is 11.9 Å². The summed E-state index contributed by atoms with van der Waals surface area (Å²) in [6, 6.07) is 11.2. The van der Waals surface area contributed by atoms with Gasteiger partial charge in [0.25, 0.3) is 0 Å². The maximum Gasteiger partial charge on any atom is 0.135 e. The SMILES string of the molecule is [2H]C([2H])([2H])C(c1nnc(C)n1C1C[C@H]2CC[C@@H](C1)N2Cc1ccccc1)C([2H])([2H])[2H]. The molecule has 0 saturated carbocycles. The minimum Gasteiger partial charge on any atom is -0.312 e. The van der Waals surface area contributed by atoms with Crippen molar-refractivity contribution in [2.24, 2.45) is 0 Å². The molecule has 2 aromatic rings. The fourth-order valence-corrected chi connectivity index (χ4v) is 4.54. The van der Waals surface area contributed by atoms with Crippen molar-refractivity contribution in [3.05, 3.63) is 47.5 Å². The van der Waals surface area contributed by atoms with Crippen molar-refractivity contribution in [2.45, 2.75) is 76.9 Å². The first-order chi connectivity index (χ1) is 14.1. The first kappa shape index (κ1) is 10.3. The average molecular weight is 331 g/mol. The quantitative estimate of drug-likeness (QED) is 0.847. The number of fused-ring (bicyclic) bond motifs is 2. The summed E-state index contributed by atoms with van der Waals surface area (Å²) in [6.07, 6.45) is 3.91. The summed E-state index contributed by atoms with van der Waals surface area (Å²) in [5.74, 6) is -0.968. The van der Waals surface area contributed by atoms with Gasteiger partial charge in [0.1, 0.15) is 11.6 Å². The van der Waals surface area contributed by atoms with Gasteiger partial charge in [-0.15, -0.1) is 10.2 Å². The van der Waals surface area contributed by atoms with Gasteiger partial charge in [0.2, 0.25) is 0 Å². The number of piperidine rings is 1. The predicted octanol–water partition coefficient (Wildman–Crippen LogP) is 4.08. The smallest absolute Gasteiger partial charge is 0.135 e. The molecule has 4 nitrogen and oxygen atoms in total. The summed E-state index contributed by atoms with van der Waals surface area (Å²) in [6.45, 7) is -2.65. The van der Waals surface area contributed by atoms with Gasteiger partial charge in [-0.25, -0.2) is 0 Å². The third-order valence-corrected chi connectivity index (χ3v) is 5.58. The van der Waals surface area contributed by atoms with Crippen molar-refractivity contribution >= 4 is 0 Å². The molecule has 2 fully saturated rings. The molecule has 24 heavy (non-hydrogen) atoms. The number of aromatic nitrogens is 3. The molecule has 1 aromatic carbocycles. The number of benzene rings is 1. The Morgan fingerprint density at radius 1 is 1.08 bits per heavy atom. The van der Waals surface area contributed by atoms with E-state index < -0.39 is 19.6 Å². The second-order valence-corrected chi connectivity index (χ2v) is 7.08. The molecule has 4 rings (SSSR count). The molecule has 0 N–H and O–H groups in total. The summed E-state index contributed by atoms with van der Waals surface area (Å²) >= 11 is 0. The fourth-order valence-electron chi connectivity index (χ4n) is 4.54. The van der Waals surface area contributed by atoms with Crippen LogP contribution in [0.25, 0.3) is 0 Å². The van der Waals surface area contributed by atoms with Gasteiger partial charge in [0.05, 0.1) is 0 Å². The lowest BCUT2D eigenvalue weighted by atomic mass is 9.95. The number of nitrogens with zero attached hydrogens (tertiary/aromatic N) is 4. The van der Waals surface area contributed by atoms with Crippen LogP contribution in [0.1, 0.15) is 76.8 Å². The highest BCUT2D eigenvalue weighted by Gasteiger charge is 2.42. The van der Waals surface area contributed by atoms with Crippen molar-refractivity contribution in [3.63, 3.8) is 0 Å². The Hall–Kier alpha value is -1.68. The third kappa shape index (κ3) is 2.77. The topological polar surface area (TPSA) is 34.0 Å². The van der Waals surface area contributed by atoms with Crippen LogP contribution in [0.3, 0.4) is 0 Å². The van der Waals surface area contributed by atoms with E-state index in [9.17, 15) is 0 Å². The zero-order valence-corrected chi connectivity index (χ0v) is 14.0. The standard InChI is InChI=1S/C20H28N4/c1-14(2)20-22-21-15(3)24(20)19-11-17-9-10-18(12-19)23(17)13-16-7-5-4-6-8-16/h4-8,14,17-19H,9-13H2,1-3H3/t17-,18+,19?/i1D3,2D3. The van der Waals surface area contributed by atoms with E-state index in [0.717, 1.165) is 32.2 Å². The molecule has 3 heterocycles. The Balaban J connectivity index is 1.61. The van der Waals surface area contributed by atoms with Crippen molar-refractivity contribution < 1.29 is 8.22 Å². The number of hydrogen-bond donors (Lipinski definition) is 0. The van der Waals surface area contributed by atoms with E-state index in [0.29, 0.717) is 17.9 Å². The predicted molar refractivity (Wildman–Crippen MR) is 95.9 cm³/mol. The van der Waals surface area contributed by atoms with E-state index in [1.165, 1.54) is 5.56 Å².